The average Bonchev–Trinajstić information content (AvgIpc) is 2.49. The molecular weight excluding hydrogens is 240 g/mol. The second-order valence-corrected chi connectivity index (χ2v) is 4.73. The lowest BCUT2D eigenvalue weighted by Crippen LogP contribution is -2.25. The Bertz CT molecular complexity index is 559. The second kappa shape index (κ2) is 5.49. The Kier molecular flexibility index (Phi) is 3.56. The molecule has 0 amide bonds. The van der Waals surface area contributed by atoms with E-state index in [1.54, 1.807) is 7.11 Å². The van der Waals surface area contributed by atoms with Crippen molar-refractivity contribution in [1.82, 2.24) is 0 Å². The molecule has 0 N–H and O–H groups in total. The van der Waals surface area contributed by atoms with Gasteiger partial charge >= 0.3 is 0 Å². The molecule has 100 valence electrons. The van der Waals surface area contributed by atoms with Gasteiger partial charge in [0.2, 0.25) is 0 Å². The van der Waals surface area contributed by atoms with Gasteiger partial charge in [0.1, 0.15) is 11.5 Å². The van der Waals surface area contributed by atoms with Crippen LogP contribution in [0.4, 0.5) is 0 Å². The standard InChI is InChI=1S/C16H18O3/c1-17-14-9-10-15(13-7-3-2-6-12(13)14)19-16-8-4-5-11-18-16/h2-3,6-7,9-10,16H,4-5,8,11H2,1H3. The fourth-order valence-electron chi connectivity index (χ4n) is 2.47. The van der Waals surface area contributed by atoms with Crippen molar-refractivity contribution in [3.05, 3.63) is 36.4 Å². The Labute approximate surface area is 113 Å². The zero-order valence-corrected chi connectivity index (χ0v) is 11.1. The van der Waals surface area contributed by atoms with E-state index in [1.807, 2.05) is 30.3 Å². The highest BCUT2D eigenvalue weighted by Crippen LogP contribution is 2.34. The molecule has 0 aromatic heterocycles. The maximum Gasteiger partial charge on any atom is 0.199 e. The van der Waals surface area contributed by atoms with Crippen molar-refractivity contribution >= 4 is 10.8 Å². The molecule has 19 heavy (non-hydrogen) atoms. The molecule has 1 fully saturated rings. The molecule has 0 bridgehead atoms. The van der Waals surface area contributed by atoms with Gasteiger partial charge in [-0.3, -0.25) is 0 Å². The summed E-state index contributed by atoms with van der Waals surface area (Å²) >= 11 is 0. The fourth-order valence-corrected chi connectivity index (χ4v) is 2.47. The largest absolute Gasteiger partial charge is 0.496 e. The van der Waals surface area contributed by atoms with Crippen molar-refractivity contribution in [3.63, 3.8) is 0 Å². The van der Waals surface area contributed by atoms with Crippen LogP contribution in [0, 0.1) is 0 Å². The molecule has 2 aromatic carbocycles. The van der Waals surface area contributed by atoms with E-state index in [0.29, 0.717) is 0 Å². The molecular formula is C16H18O3. The minimum Gasteiger partial charge on any atom is -0.496 e. The quantitative estimate of drug-likeness (QED) is 0.839. The van der Waals surface area contributed by atoms with Gasteiger partial charge in [-0.05, 0) is 25.0 Å². The Morgan fingerprint density at radius 3 is 2.42 bits per heavy atom. The van der Waals surface area contributed by atoms with Gasteiger partial charge in [0.15, 0.2) is 6.29 Å². The number of ether oxygens (including phenoxy) is 3. The molecule has 1 unspecified atom stereocenters. The predicted octanol–water partition coefficient (Wildman–Crippen LogP) is 3.75. The summed E-state index contributed by atoms with van der Waals surface area (Å²) in [6, 6.07) is 12.0. The molecule has 3 rings (SSSR count). The van der Waals surface area contributed by atoms with Crippen molar-refractivity contribution in [2.45, 2.75) is 25.6 Å². The van der Waals surface area contributed by atoms with Crippen LogP contribution < -0.4 is 9.47 Å². The first-order valence-corrected chi connectivity index (χ1v) is 6.72. The van der Waals surface area contributed by atoms with Crippen LogP contribution in [-0.2, 0) is 4.74 Å². The van der Waals surface area contributed by atoms with Crippen LogP contribution in [0.25, 0.3) is 10.8 Å². The number of methoxy groups -OCH3 is 1. The number of benzene rings is 2. The third-order valence-electron chi connectivity index (χ3n) is 3.46. The van der Waals surface area contributed by atoms with Crippen molar-refractivity contribution in [3.8, 4) is 11.5 Å². The van der Waals surface area contributed by atoms with Crippen molar-refractivity contribution in [1.29, 1.82) is 0 Å². The number of rotatable bonds is 3. The third kappa shape index (κ3) is 2.51. The van der Waals surface area contributed by atoms with Gasteiger partial charge in [-0.15, -0.1) is 0 Å². The van der Waals surface area contributed by atoms with Crippen LogP contribution in [0.15, 0.2) is 36.4 Å². The number of hydrogen-bond donors (Lipinski definition) is 0. The van der Waals surface area contributed by atoms with E-state index in [4.69, 9.17) is 14.2 Å². The molecule has 0 spiro atoms. The zero-order valence-electron chi connectivity index (χ0n) is 11.1. The fraction of sp³-hybridized carbons (Fsp3) is 0.375. The lowest BCUT2D eigenvalue weighted by atomic mass is 10.1. The van der Waals surface area contributed by atoms with Gasteiger partial charge in [-0.2, -0.15) is 0 Å². The van der Waals surface area contributed by atoms with E-state index < -0.39 is 0 Å². The molecule has 1 saturated heterocycles. The van der Waals surface area contributed by atoms with E-state index >= 15 is 0 Å². The second-order valence-electron chi connectivity index (χ2n) is 4.73. The first-order valence-electron chi connectivity index (χ1n) is 6.72. The smallest absolute Gasteiger partial charge is 0.199 e. The van der Waals surface area contributed by atoms with Crippen LogP contribution in [0.5, 0.6) is 11.5 Å². The van der Waals surface area contributed by atoms with E-state index in [0.717, 1.165) is 41.7 Å². The van der Waals surface area contributed by atoms with E-state index in [-0.39, 0.29) is 6.29 Å². The highest BCUT2D eigenvalue weighted by atomic mass is 16.7. The van der Waals surface area contributed by atoms with Gasteiger partial charge in [-0.25, -0.2) is 0 Å². The minimum absolute atomic E-state index is 0.120. The van der Waals surface area contributed by atoms with Gasteiger partial charge in [0.25, 0.3) is 0 Å². The van der Waals surface area contributed by atoms with Gasteiger partial charge in [0.05, 0.1) is 13.7 Å². The number of fused-ring (bicyclic) bond motifs is 1. The third-order valence-corrected chi connectivity index (χ3v) is 3.46. The monoisotopic (exact) mass is 258 g/mol. The molecule has 1 aliphatic rings. The predicted molar refractivity (Wildman–Crippen MR) is 74.7 cm³/mol. The summed E-state index contributed by atoms with van der Waals surface area (Å²) in [6.45, 7) is 0.790. The van der Waals surface area contributed by atoms with Crippen LogP contribution in [0.1, 0.15) is 19.3 Å². The topological polar surface area (TPSA) is 27.7 Å². The van der Waals surface area contributed by atoms with Crippen molar-refractivity contribution < 1.29 is 14.2 Å². The van der Waals surface area contributed by atoms with Crippen molar-refractivity contribution in [2.24, 2.45) is 0 Å². The molecule has 3 heteroatoms. The summed E-state index contributed by atoms with van der Waals surface area (Å²) in [5.41, 5.74) is 0. The van der Waals surface area contributed by atoms with Crippen LogP contribution in [0.3, 0.4) is 0 Å². The molecule has 0 radical (unpaired) electrons. The van der Waals surface area contributed by atoms with Gasteiger partial charge in [-0.1, -0.05) is 24.3 Å². The first-order chi connectivity index (χ1) is 9.38. The van der Waals surface area contributed by atoms with Crippen LogP contribution in [-0.4, -0.2) is 20.0 Å². The van der Waals surface area contributed by atoms with Gasteiger partial charge in [0, 0.05) is 17.2 Å². The highest BCUT2D eigenvalue weighted by molar-refractivity contribution is 5.93. The molecule has 0 aliphatic carbocycles. The molecule has 2 aromatic rings. The maximum absolute atomic E-state index is 5.99. The van der Waals surface area contributed by atoms with Crippen LogP contribution >= 0.6 is 0 Å². The highest BCUT2D eigenvalue weighted by Gasteiger charge is 2.17. The first kappa shape index (κ1) is 12.3. The minimum atomic E-state index is -0.120. The summed E-state index contributed by atoms with van der Waals surface area (Å²) in [7, 11) is 1.69. The Balaban J connectivity index is 1.94. The Hall–Kier alpha value is -1.74. The van der Waals surface area contributed by atoms with E-state index in [2.05, 4.69) is 6.07 Å². The summed E-state index contributed by atoms with van der Waals surface area (Å²) in [4.78, 5) is 0. The van der Waals surface area contributed by atoms with Crippen molar-refractivity contribution in [2.75, 3.05) is 13.7 Å². The Morgan fingerprint density at radius 2 is 1.74 bits per heavy atom. The lowest BCUT2D eigenvalue weighted by Gasteiger charge is -2.24. The SMILES string of the molecule is COc1ccc(OC2CCCCO2)c2ccccc12. The zero-order chi connectivity index (χ0) is 13.1. The molecule has 1 heterocycles. The van der Waals surface area contributed by atoms with E-state index in [9.17, 15) is 0 Å². The molecule has 0 saturated carbocycles. The van der Waals surface area contributed by atoms with Crippen LogP contribution in [0.2, 0.25) is 0 Å². The summed E-state index contributed by atoms with van der Waals surface area (Å²) in [6.07, 6.45) is 3.13. The molecule has 3 nitrogen and oxygen atoms in total. The molecule has 1 atom stereocenters. The number of hydrogen-bond acceptors (Lipinski definition) is 3. The molecule has 1 aliphatic heterocycles. The van der Waals surface area contributed by atoms with Gasteiger partial charge < -0.3 is 14.2 Å². The summed E-state index contributed by atoms with van der Waals surface area (Å²) in [5, 5.41) is 2.13. The van der Waals surface area contributed by atoms with E-state index in [1.165, 1.54) is 6.42 Å². The lowest BCUT2D eigenvalue weighted by molar-refractivity contribution is -0.105. The Morgan fingerprint density at radius 1 is 1.00 bits per heavy atom. The normalized spacial score (nSPS) is 19.3. The maximum atomic E-state index is 5.99. The summed E-state index contributed by atoms with van der Waals surface area (Å²) in [5.74, 6) is 1.73. The summed E-state index contributed by atoms with van der Waals surface area (Å²) < 4.78 is 17.0. The average molecular weight is 258 g/mol.